The number of likely N-dealkylation sites (tertiary alicyclic amines) is 1. The van der Waals surface area contributed by atoms with Gasteiger partial charge in [-0.05, 0) is 44.0 Å². The summed E-state index contributed by atoms with van der Waals surface area (Å²) in [6, 6.07) is 13.8. The molecule has 6 heteroatoms. The Morgan fingerprint density at radius 2 is 1.92 bits per heavy atom. The highest BCUT2D eigenvalue weighted by Gasteiger charge is 2.28. The third-order valence-corrected chi connectivity index (χ3v) is 4.93. The fourth-order valence-corrected chi connectivity index (χ4v) is 3.26. The van der Waals surface area contributed by atoms with Gasteiger partial charge in [-0.1, -0.05) is 18.2 Å². The predicted molar refractivity (Wildman–Crippen MR) is 99.6 cm³/mol. The summed E-state index contributed by atoms with van der Waals surface area (Å²) in [7, 11) is 2.07. The average molecular weight is 339 g/mol. The summed E-state index contributed by atoms with van der Waals surface area (Å²) < 4.78 is 0. The van der Waals surface area contributed by atoms with Crippen molar-refractivity contribution >= 4 is 17.4 Å². The van der Waals surface area contributed by atoms with E-state index in [0.717, 1.165) is 37.4 Å². The fraction of sp³-hybridized carbons (Fsp3) is 0.421. The van der Waals surface area contributed by atoms with Crippen molar-refractivity contribution in [2.24, 2.45) is 0 Å². The van der Waals surface area contributed by atoms with Crippen molar-refractivity contribution in [2.75, 3.05) is 30.4 Å². The molecule has 1 saturated heterocycles. The lowest BCUT2D eigenvalue weighted by atomic mass is 10.0. The number of benzene rings is 1. The maximum atomic E-state index is 12.5. The minimum absolute atomic E-state index is 0.0481. The molecular weight excluding hydrogens is 314 g/mol. The van der Waals surface area contributed by atoms with Gasteiger partial charge in [0.2, 0.25) is 5.91 Å². The molecule has 1 aliphatic rings. The first-order chi connectivity index (χ1) is 12.1. The zero-order valence-corrected chi connectivity index (χ0v) is 14.8. The molecule has 1 aliphatic heterocycles. The predicted octanol–water partition coefficient (Wildman–Crippen LogP) is 2.40. The van der Waals surface area contributed by atoms with Crippen LogP contribution in [0.5, 0.6) is 0 Å². The first-order valence-corrected chi connectivity index (χ1v) is 8.75. The monoisotopic (exact) mass is 339 g/mol. The second kappa shape index (κ2) is 8.07. The summed E-state index contributed by atoms with van der Waals surface area (Å²) in [5.74, 6) is 0.947. The molecule has 25 heavy (non-hydrogen) atoms. The number of nitrogens with zero attached hydrogens (tertiary/aromatic N) is 4. The van der Waals surface area contributed by atoms with Crippen molar-refractivity contribution in [1.82, 2.24) is 15.1 Å². The highest BCUT2D eigenvalue weighted by molar-refractivity contribution is 5.94. The quantitative estimate of drug-likeness (QED) is 0.906. The van der Waals surface area contributed by atoms with Crippen molar-refractivity contribution in [3.63, 3.8) is 0 Å². The topological polar surface area (TPSA) is 61.4 Å². The number of piperidine rings is 1. The zero-order chi connectivity index (χ0) is 17.6. The first-order valence-electron chi connectivity index (χ1n) is 8.75. The number of anilines is 2. The molecule has 6 nitrogen and oxygen atoms in total. The molecule has 0 unspecified atom stereocenters. The molecule has 2 aromatic rings. The van der Waals surface area contributed by atoms with Crippen molar-refractivity contribution < 1.29 is 4.79 Å². The minimum Gasteiger partial charge on any atom is -0.355 e. The van der Waals surface area contributed by atoms with Crippen LogP contribution in [0.1, 0.15) is 19.8 Å². The number of carbonyl (C=O) groups excluding carboxylic acids is 1. The molecule has 1 aromatic carbocycles. The number of hydrogen-bond acceptors (Lipinski definition) is 5. The number of amides is 1. The first kappa shape index (κ1) is 17.4. The van der Waals surface area contributed by atoms with E-state index in [1.165, 1.54) is 0 Å². The average Bonchev–Trinajstić information content (AvgIpc) is 2.68. The molecule has 1 amide bonds. The summed E-state index contributed by atoms with van der Waals surface area (Å²) in [6.45, 7) is 3.78. The Bertz CT molecular complexity index is 671. The highest BCUT2D eigenvalue weighted by atomic mass is 16.2. The SMILES string of the molecule is C[C@H](C(=O)Nc1ccccc1)N1CCC(N(C)c2cccnn2)CC1. The number of rotatable bonds is 5. The Kier molecular flexibility index (Phi) is 5.60. The van der Waals surface area contributed by atoms with Gasteiger partial charge in [-0.3, -0.25) is 9.69 Å². The third kappa shape index (κ3) is 4.33. The van der Waals surface area contributed by atoms with Crippen LogP contribution in [0.15, 0.2) is 48.7 Å². The molecule has 1 aromatic heterocycles. The lowest BCUT2D eigenvalue weighted by molar-refractivity contribution is -0.121. The van der Waals surface area contributed by atoms with Gasteiger partial charge in [-0.2, -0.15) is 5.10 Å². The number of para-hydroxylation sites is 1. The Balaban J connectivity index is 1.52. The minimum atomic E-state index is -0.136. The van der Waals surface area contributed by atoms with Crippen LogP contribution in [0.2, 0.25) is 0 Å². The van der Waals surface area contributed by atoms with E-state index >= 15 is 0 Å². The van der Waals surface area contributed by atoms with Gasteiger partial charge in [0.1, 0.15) is 0 Å². The van der Waals surface area contributed by atoms with Crippen LogP contribution in [-0.4, -0.2) is 53.2 Å². The van der Waals surface area contributed by atoms with E-state index in [0.29, 0.717) is 6.04 Å². The van der Waals surface area contributed by atoms with Gasteiger partial charge in [0.15, 0.2) is 5.82 Å². The Hall–Kier alpha value is -2.47. The van der Waals surface area contributed by atoms with Crippen molar-refractivity contribution in [3.8, 4) is 0 Å². The van der Waals surface area contributed by atoms with Crippen LogP contribution in [0.25, 0.3) is 0 Å². The van der Waals surface area contributed by atoms with E-state index in [1.54, 1.807) is 6.20 Å². The summed E-state index contributed by atoms with van der Waals surface area (Å²) in [4.78, 5) is 16.9. The Morgan fingerprint density at radius 3 is 2.56 bits per heavy atom. The van der Waals surface area contributed by atoms with Crippen molar-refractivity contribution in [3.05, 3.63) is 48.7 Å². The highest BCUT2D eigenvalue weighted by Crippen LogP contribution is 2.21. The molecular formula is C19H25N5O. The van der Waals surface area contributed by atoms with Gasteiger partial charge in [0.25, 0.3) is 0 Å². The van der Waals surface area contributed by atoms with E-state index in [4.69, 9.17) is 0 Å². The molecule has 132 valence electrons. The molecule has 0 saturated carbocycles. The van der Waals surface area contributed by atoms with E-state index < -0.39 is 0 Å². The smallest absolute Gasteiger partial charge is 0.241 e. The Labute approximate surface area is 148 Å². The molecule has 2 heterocycles. The maximum Gasteiger partial charge on any atom is 0.241 e. The second-order valence-corrected chi connectivity index (χ2v) is 6.49. The molecule has 1 atom stereocenters. The molecule has 0 radical (unpaired) electrons. The maximum absolute atomic E-state index is 12.5. The Morgan fingerprint density at radius 1 is 1.20 bits per heavy atom. The summed E-state index contributed by atoms with van der Waals surface area (Å²) >= 11 is 0. The second-order valence-electron chi connectivity index (χ2n) is 6.49. The van der Waals surface area contributed by atoms with Gasteiger partial charge >= 0.3 is 0 Å². The van der Waals surface area contributed by atoms with E-state index in [-0.39, 0.29) is 11.9 Å². The van der Waals surface area contributed by atoms with Crippen LogP contribution in [0.4, 0.5) is 11.5 Å². The van der Waals surface area contributed by atoms with Gasteiger partial charge in [-0.25, -0.2) is 0 Å². The van der Waals surface area contributed by atoms with Gasteiger partial charge in [-0.15, -0.1) is 5.10 Å². The normalized spacial score (nSPS) is 17.0. The van der Waals surface area contributed by atoms with E-state index in [9.17, 15) is 4.79 Å². The van der Waals surface area contributed by atoms with Crippen molar-refractivity contribution in [2.45, 2.75) is 31.8 Å². The standard InChI is InChI=1S/C19H25N5O/c1-15(19(25)21-16-7-4-3-5-8-16)24-13-10-17(11-14-24)23(2)18-9-6-12-20-22-18/h3-9,12,15,17H,10-11,13-14H2,1-2H3,(H,21,25)/t15-/m1/s1. The molecule has 0 bridgehead atoms. The summed E-state index contributed by atoms with van der Waals surface area (Å²) in [6.07, 6.45) is 3.71. The molecule has 0 spiro atoms. The number of nitrogens with one attached hydrogen (secondary N) is 1. The van der Waals surface area contributed by atoms with Crippen LogP contribution in [0.3, 0.4) is 0 Å². The number of carbonyl (C=O) groups is 1. The van der Waals surface area contributed by atoms with E-state index in [2.05, 4.69) is 32.4 Å². The molecule has 3 rings (SSSR count). The van der Waals surface area contributed by atoms with Gasteiger partial charge < -0.3 is 10.2 Å². The number of hydrogen-bond donors (Lipinski definition) is 1. The lowest BCUT2D eigenvalue weighted by Gasteiger charge is -2.39. The molecule has 0 aliphatic carbocycles. The summed E-state index contributed by atoms with van der Waals surface area (Å²) in [5, 5.41) is 11.1. The summed E-state index contributed by atoms with van der Waals surface area (Å²) in [5.41, 5.74) is 0.844. The van der Waals surface area contributed by atoms with Gasteiger partial charge in [0, 0.05) is 38.1 Å². The molecule has 1 fully saturated rings. The van der Waals surface area contributed by atoms with E-state index in [1.807, 2.05) is 49.4 Å². The molecule has 1 N–H and O–H groups in total. The van der Waals surface area contributed by atoms with Crippen LogP contribution >= 0.6 is 0 Å². The lowest BCUT2D eigenvalue weighted by Crippen LogP contribution is -2.50. The van der Waals surface area contributed by atoms with Crippen LogP contribution in [-0.2, 0) is 4.79 Å². The zero-order valence-electron chi connectivity index (χ0n) is 14.8. The van der Waals surface area contributed by atoms with Crippen LogP contribution < -0.4 is 10.2 Å². The third-order valence-electron chi connectivity index (χ3n) is 4.93. The largest absolute Gasteiger partial charge is 0.355 e. The number of aromatic nitrogens is 2. The fourth-order valence-electron chi connectivity index (χ4n) is 3.26. The van der Waals surface area contributed by atoms with Crippen molar-refractivity contribution in [1.29, 1.82) is 0 Å². The van der Waals surface area contributed by atoms with Gasteiger partial charge in [0.05, 0.1) is 6.04 Å². The van der Waals surface area contributed by atoms with Crippen LogP contribution in [0, 0.1) is 0 Å².